The van der Waals surface area contributed by atoms with Crippen LogP contribution >= 0.6 is 11.6 Å². The van der Waals surface area contributed by atoms with Crippen LogP contribution in [0.1, 0.15) is 16.1 Å². The Labute approximate surface area is 186 Å². The standard InChI is InChI=1S/C22H22ClN3O4S/c23-18-5-7-19(8-6-18)25-11-13-26(14-12-25)22(27)17-3-9-21(10-4-17)31(28,29)24-16-20-2-1-15-30-20/h1-10,15,24H,11-14,16H2. The molecule has 0 radical (unpaired) electrons. The topological polar surface area (TPSA) is 82.9 Å². The van der Waals surface area contributed by atoms with Gasteiger partial charge in [-0.25, -0.2) is 13.1 Å². The van der Waals surface area contributed by atoms with E-state index in [1.807, 2.05) is 24.3 Å². The van der Waals surface area contributed by atoms with E-state index in [0.717, 1.165) is 18.8 Å². The van der Waals surface area contributed by atoms with Crippen LogP contribution in [0.25, 0.3) is 0 Å². The summed E-state index contributed by atoms with van der Waals surface area (Å²) in [5, 5.41) is 0.694. The van der Waals surface area contributed by atoms with Crippen molar-refractivity contribution in [3.8, 4) is 0 Å². The van der Waals surface area contributed by atoms with Crippen molar-refractivity contribution in [1.82, 2.24) is 9.62 Å². The molecular weight excluding hydrogens is 438 g/mol. The second-order valence-electron chi connectivity index (χ2n) is 7.18. The number of sulfonamides is 1. The van der Waals surface area contributed by atoms with E-state index in [4.69, 9.17) is 16.0 Å². The second-order valence-corrected chi connectivity index (χ2v) is 9.39. The molecule has 1 fully saturated rings. The van der Waals surface area contributed by atoms with E-state index in [9.17, 15) is 13.2 Å². The zero-order valence-electron chi connectivity index (χ0n) is 16.7. The number of anilines is 1. The van der Waals surface area contributed by atoms with Crippen LogP contribution in [0.15, 0.2) is 76.2 Å². The average Bonchev–Trinajstić information content (AvgIpc) is 3.32. The molecule has 9 heteroatoms. The average molecular weight is 460 g/mol. The molecule has 2 aromatic carbocycles. The van der Waals surface area contributed by atoms with E-state index >= 15 is 0 Å². The first-order valence-corrected chi connectivity index (χ1v) is 11.7. The molecule has 1 aliphatic rings. The molecule has 0 unspecified atom stereocenters. The summed E-state index contributed by atoms with van der Waals surface area (Å²) < 4.78 is 32.5. The highest BCUT2D eigenvalue weighted by atomic mass is 35.5. The van der Waals surface area contributed by atoms with Gasteiger partial charge >= 0.3 is 0 Å². The maximum atomic E-state index is 12.8. The van der Waals surface area contributed by atoms with E-state index in [1.54, 1.807) is 29.2 Å². The van der Waals surface area contributed by atoms with Gasteiger partial charge in [0.05, 0.1) is 17.7 Å². The number of furan rings is 1. The highest BCUT2D eigenvalue weighted by molar-refractivity contribution is 7.89. The third kappa shape index (κ3) is 5.10. The van der Waals surface area contributed by atoms with Crippen molar-refractivity contribution in [2.75, 3.05) is 31.1 Å². The zero-order valence-corrected chi connectivity index (χ0v) is 18.3. The molecule has 4 rings (SSSR count). The lowest BCUT2D eigenvalue weighted by molar-refractivity contribution is 0.0746. The molecule has 0 saturated carbocycles. The maximum absolute atomic E-state index is 12.8. The SMILES string of the molecule is O=C(c1ccc(S(=O)(=O)NCc2ccco2)cc1)N1CCN(c2ccc(Cl)cc2)CC1. The molecule has 1 aromatic heterocycles. The molecule has 1 saturated heterocycles. The minimum Gasteiger partial charge on any atom is -0.468 e. The van der Waals surface area contributed by atoms with Crippen molar-refractivity contribution in [3.05, 3.63) is 83.3 Å². The van der Waals surface area contributed by atoms with Gasteiger partial charge in [0.15, 0.2) is 0 Å². The van der Waals surface area contributed by atoms with E-state index in [2.05, 4.69) is 9.62 Å². The molecule has 3 aromatic rings. The van der Waals surface area contributed by atoms with Gasteiger partial charge in [0.2, 0.25) is 10.0 Å². The number of carbonyl (C=O) groups is 1. The number of carbonyl (C=O) groups excluding carboxylic acids is 1. The summed E-state index contributed by atoms with van der Waals surface area (Å²) in [4.78, 5) is 16.9. The number of amides is 1. The molecule has 7 nitrogen and oxygen atoms in total. The van der Waals surface area contributed by atoms with Crippen LogP contribution < -0.4 is 9.62 Å². The quantitative estimate of drug-likeness (QED) is 0.611. The third-order valence-corrected chi connectivity index (χ3v) is 6.86. The van der Waals surface area contributed by atoms with Crippen molar-refractivity contribution in [3.63, 3.8) is 0 Å². The zero-order chi connectivity index (χ0) is 21.8. The Hall–Kier alpha value is -2.81. The van der Waals surface area contributed by atoms with Gasteiger partial charge in [-0.2, -0.15) is 0 Å². The molecule has 0 atom stereocenters. The number of hydrogen-bond acceptors (Lipinski definition) is 5. The van der Waals surface area contributed by atoms with Crippen LogP contribution in [0.4, 0.5) is 5.69 Å². The number of nitrogens with one attached hydrogen (secondary N) is 1. The Kier molecular flexibility index (Phi) is 6.31. The van der Waals surface area contributed by atoms with Crippen molar-refractivity contribution in [2.24, 2.45) is 0 Å². The summed E-state index contributed by atoms with van der Waals surface area (Å²) in [5.41, 5.74) is 1.54. The summed E-state index contributed by atoms with van der Waals surface area (Å²) in [5.74, 6) is 0.413. The third-order valence-electron chi connectivity index (χ3n) is 5.19. The van der Waals surface area contributed by atoms with Crippen molar-refractivity contribution >= 4 is 33.2 Å². The van der Waals surface area contributed by atoms with E-state index in [0.29, 0.717) is 29.4 Å². The Morgan fingerprint density at radius 3 is 2.26 bits per heavy atom. The van der Waals surface area contributed by atoms with E-state index in [-0.39, 0.29) is 17.3 Å². The van der Waals surface area contributed by atoms with Gasteiger partial charge in [-0.1, -0.05) is 11.6 Å². The lowest BCUT2D eigenvalue weighted by atomic mass is 10.1. The van der Waals surface area contributed by atoms with Crippen LogP contribution in [0.2, 0.25) is 5.02 Å². The summed E-state index contributed by atoms with van der Waals surface area (Å²) in [6.07, 6.45) is 1.49. The van der Waals surface area contributed by atoms with Crippen LogP contribution in [-0.2, 0) is 16.6 Å². The fourth-order valence-corrected chi connectivity index (χ4v) is 4.56. The Morgan fingerprint density at radius 2 is 1.65 bits per heavy atom. The molecular formula is C22H22ClN3O4S. The Balaban J connectivity index is 1.35. The van der Waals surface area contributed by atoms with Gasteiger partial charge in [-0.15, -0.1) is 0 Å². The van der Waals surface area contributed by atoms with Crippen molar-refractivity contribution in [2.45, 2.75) is 11.4 Å². The van der Waals surface area contributed by atoms with Gasteiger partial charge in [0, 0.05) is 42.5 Å². The maximum Gasteiger partial charge on any atom is 0.253 e. The molecule has 31 heavy (non-hydrogen) atoms. The largest absolute Gasteiger partial charge is 0.468 e. The fraction of sp³-hybridized carbons (Fsp3) is 0.227. The number of benzene rings is 2. The molecule has 0 spiro atoms. The summed E-state index contributed by atoms with van der Waals surface area (Å²) in [7, 11) is -3.70. The minimum atomic E-state index is -3.70. The highest BCUT2D eigenvalue weighted by Crippen LogP contribution is 2.20. The molecule has 162 valence electrons. The normalized spacial score (nSPS) is 14.6. The van der Waals surface area contributed by atoms with Gasteiger partial charge in [0.25, 0.3) is 5.91 Å². The van der Waals surface area contributed by atoms with Crippen LogP contribution in [-0.4, -0.2) is 45.4 Å². The Morgan fingerprint density at radius 1 is 0.968 bits per heavy atom. The van der Waals surface area contributed by atoms with E-state index < -0.39 is 10.0 Å². The predicted octanol–water partition coefficient (Wildman–Crippen LogP) is 3.37. The van der Waals surface area contributed by atoms with Gasteiger partial charge < -0.3 is 14.2 Å². The lowest BCUT2D eigenvalue weighted by Gasteiger charge is -2.36. The lowest BCUT2D eigenvalue weighted by Crippen LogP contribution is -2.48. The minimum absolute atomic E-state index is 0.0634. The van der Waals surface area contributed by atoms with E-state index in [1.165, 1.54) is 18.4 Å². The summed E-state index contributed by atoms with van der Waals surface area (Å²) in [6, 6.07) is 17.0. The first kappa shape index (κ1) is 21.4. The molecule has 1 amide bonds. The van der Waals surface area contributed by atoms with Crippen LogP contribution in [0, 0.1) is 0 Å². The van der Waals surface area contributed by atoms with Crippen molar-refractivity contribution < 1.29 is 17.6 Å². The number of nitrogens with zero attached hydrogens (tertiary/aromatic N) is 2. The van der Waals surface area contributed by atoms with Gasteiger partial charge in [0.1, 0.15) is 5.76 Å². The smallest absolute Gasteiger partial charge is 0.253 e. The molecule has 1 aliphatic heterocycles. The first-order chi connectivity index (χ1) is 14.9. The van der Waals surface area contributed by atoms with Gasteiger partial charge in [-0.3, -0.25) is 4.79 Å². The number of rotatable bonds is 6. The molecule has 0 bridgehead atoms. The predicted molar refractivity (Wildman–Crippen MR) is 119 cm³/mol. The van der Waals surface area contributed by atoms with Crippen molar-refractivity contribution in [1.29, 1.82) is 0 Å². The number of piperazine rings is 1. The Bertz CT molecular complexity index is 1120. The molecule has 1 N–H and O–H groups in total. The fourth-order valence-electron chi connectivity index (χ4n) is 3.44. The number of halogens is 1. The molecule has 2 heterocycles. The highest BCUT2D eigenvalue weighted by Gasteiger charge is 2.23. The first-order valence-electron chi connectivity index (χ1n) is 9.84. The monoisotopic (exact) mass is 459 g/mol. The summed E-state index contributed by atoms with van der Waals surface area (Å²) >= 11 is 5.95. The van der Waals surface area contributed by atoms with Crippen LogP contribution in [0.5, 0.6) is 0 Å². The number of hydrogen-bond donors (Lipinski definition) is 1. The molecule has 0 aliphatic carbocycles. The second kappa shape index (κ2) is 9.13. The summed E-state index contributed by atoms with van der Waals surface area (Å²) in [6.45, 7) is 2.68. The van der Waals surface area contributed by atoms with Crippen LogP contribution in [0.3, 0.4) is 0 Å². The van der Waals surface area contributed by atoms with Gasteiger partial charge in [-0.05, 0) is 60.7 Å².